The lowest BCUT2D eigenvalue weighted by atomic mass is 9.85. The molecule has 0 bridgehead atoms. The second-order valence-electron chi connectivity index (χ2n) is 14.3. The molecule has 9 aromatic rings. The van der Waals surface area contributed by atoms with E-state index in [9.17, 15) is 0 Å². The largest absolute Gasteiger partial charge is 0.374 e. The Morgan fingerprint density at radius 3 is 1.55 bits per heavy atom. The summed E-state index contributed by atoms with van der Waals surface area (Å²) in [6.07, 6.45) is 2.38. The number of nitrogens with one attached hydrogen (secondary N) is 1. The standard InChI is InChI=1S/C53H37N3/c1-5-15-36(16-6-1)47-34-49(37-17-7-2-8-18-37)54-48-30-28-44-32-43(27-29-46(44)52(47)48)41-24-13-23-40(31-41)42-25-14-26-45(33-42)51-35-50(38-19-9-3-10-20-38)55-53(56-51)39-21-11-4-12-22-39/h1-35,49,54H. The van der Waals surface area contributed by atoms with Crippen LogP contribution in [0.1, 0.15) is 22.7 Å². The Kier molecular flexibility index (Phi) is 8.58. The molecular weight excluding hydrogens is 679 g/mol. The van der Waals surface area contributed by atoms with Crippen LogP contribution < -0.4 is 5.32 Å². The summed E-state index contributed by atoms with van der Waals surface area (Å²) in [4.78, 5) is 10.1. The number of hydrogen-bond acceptors (Lipinski definition) is 3. The maximum Gasteiger partial charge on any atom is 0.160 e. The monoisotopic (exact) mass is 715 g/mol. The first-order valence-electron chi connectivity index (χ1n) is 19.1. The van der Waals surface area contributed by atoms with Gasteiger partial charge in [-0.15, -0.1) is 0 Å². The minimum Gasteiger partial charge on any atom is -0.374 e. The normalized spacial score (nSPS) is 13.4. The van der Waals surface area contributed by atoms with Crippen LogP contribution in [-0.4, -0.2) is 9.97 Å². The molecule has 0 saturated carbocycles. The first-order chi connectivity index (χ1) is 27.7. The first kappa shape index (κ1) is 33.2. The van der Waals surface area contributed by atoms with E-state index in [0.29, 0.717) is 5.82 Å². The number of rotatable bonds is 7. The minimum atomic E-state index is 0.0861. The Labute approximate surface area is 327 Å². The Morgan fingerprint density at radius 1 is 0.375 bits per heavy atom. The SMILES string of the molecule is C1=C(c2ccccc2)c2c(ccc3cc(-c4cccc(-c5cccc(-c6cc(-c7ccccc7)nc(-c7ccccc7)n6)c5)c4)ccc23)NC1c1ccccc1. The average molecular weight is 716 g/mol. The van der Waals surface area contributed by atoms with Crippen LogP contribution in [0.25, 0.3) is 72.5 Å². The number of nitrogens with zero attached hydrogens (tertiary/aromatic N) is 2. The van der Waals surface area contributed by atoms with E-state index in [1.54, 1.807) is 0 Å². The van der Waals surface area contributed by atoms with Gasteiger partial charge in [0, 0.05) is 27.9 Å². The van der Waals surface area contributed by atoms with Gasteiger partial charge in [0.05, 0.1) is 17.4 Å². The van der Waals surface area contributed by atoms with Crippen molar-refractivity contribution < 1.29 is 0 Å². The molecule has 0 radical (unpaired) electrons. The van der Waals surface area contributed by atoms with Crippen molar-refractivity contribution in [1.29, 1.82) is 0 Å². The van der Waals surface area contributed by atoms with Gasteiger partial charge >= 0.3 is 0 Å². The molecule has 0 amide bonds. The highest BCUT2D eigenvalue weighted by atomic mass is 14.9. The maximum absolute atomic E-state index is 5.08. The Morgan fingerprint density at radius 2 is 0.893 bits per heavy atom. The van der Waals surface area contributed by atoms with E-state index in [1.165, 1.54) is 44.2 Å². The number of hydrogen-bond donors (Lipinski definition) is 1. The van der Waals surface area contributed by atoms with Crippen molar-refractivity contribution in [2.75, 3.05) is 5.32 Å². The number of anilines is 1. The minimum absolute atomic E-state index is 0.0861. The van der Waals surface area contributed by atoms with Crippen LogP contribution in [0.5, 0.6) is 0 Å². The molecule has 8 aromatic carbocycles. The molecular formula is C53H37N3. The van der Waals surface area contributed by atoms with Crippen LogP contribution in [0, 0.1) is 0 Å². The lowest BCUT2D eigenvalue weighted by molar-refractivity contribution is 0.974. The van der Waals surface area contributed by atoms with Gasteiger partial charge in [-0.2, -0.15) is 0 Å². The van der Waals surface area contributed by atoms with E-state index in [4.69, 9.17) is 9.97 Å². The molecule has 1 aliphatic heterocycles. The molecule has 0 saturated heterocycles. The zero-order chi connectivity index (χ0) is 37.3. The molecule has 10 rings (SSSR count). The summed E-state index contributed by atoms with van der Waals surface area (Å²) in [5, 5.41) is 6.28. The summed E-state index contributed by atoms with van der Waals surface area (Å²) >= 11 is 0. The van der Waals surface area contributed by atoms with E-state index >= 15 is 0 Å². The fourth-order valence-electron chi connectivity index (χ4n) is 7.88. The van der Waals surface area contributed by atoms with Crippen LogP contribution >= 0.6 is 0 Å². The molecule has 0 spiro atoms. The van der Waals surface area contributed by atoms with Gasteiger partial charge in [-0.3, -0.25) is 0 Å². The van der Waals surface area contributed by atoms with Gasteiger partial charge in [0.1, 0.15) is 0 Å². The molecule has 3 nitrogen and oxygen atoms in total. The quantitative estimate of drug-likeness (QED) is 0.178. The van der Waals surface area contributed by atoms with Crippen molar-refractivity contribution in [3.05, 3.63) is 229 Å². The van der Waals surface area contributed by atoms with Crippen molar-refractivity contribution in [2.45, 2.75) is 6.04 Å². The van der Waals surface area contributed by atoms with Crippen LogP contribution in [0.2, 0.25) is 0 Å². The van der Waals surface area contributed by atoms with E-state index in [1.807, 2.05) is 36.4 Å². The van der Waals surface area contributed by atoms with Gasteiger partial charge in [0.2, 0.25) is 0 Å². The molecule has 1 N–H and O–H groups in total. The van der Waals surface area contributed by atoms with Crippen molar-refractivity contribution in [1.82, 2.24) is 9.97 Å². The van der Waals surface area contributed by atoms with Gasteiger partial charge in [0.15, 0.2) is 5.82 Å². The molecule has 0 fully saturated rings. The van der Waals surface area contributed by atoms with E-state index in [0.717, 1.165) is 44.9 Å². The van der Waals surface area contributed by atoms with Gasteiger partial charge in [-0.1, -0.05) is 176 Å². The zero-order valence-electron chi connectivity index (χ0n) is 30.7. The molecule has 0 aliphatic carbocycles. The van der Waals surface area contributed by atoms with Crippen molar-refractivity contribution in [3.8, 4) is 56.2 Å². The topological polar surface area (TPSA) is 37.8 Å². The molecule has 2 heterocycles. The summed E-state index contributed by atoms with van der Waals surface area (Å²) in [6, 6.07) is 73.1. The number of fused-ring (bicyclic) bond motifs is 3. The lowest BCUT2D eigenvalue weighted by Gasteiger charge is -2.28. The Balaban J connectivity index is 1.01. The van der Waals surface area contributed by atoms with Crippen molar-refractivity contribution in [2.24, 2.45) is 0 Å². The second kappa shape index (κ2) is 14.5. The van der Waals surface area contributed by atoms with Crippen molar-refractivity contribution >= 4 is 22.0 Å². The van der Waals surface area contributed by atoms with Gasteiger partial charge in [-0.05, 0) is 86.1 Å². The summed E-state index contributed by atoms with van der Waals surface area (Å²) in [6.45, 7) is 0. The molecule has 1 unspecified atom stereocenters. The first-order valence-corrected chi connectivity index (χ1v) is 19.1. The predicted molar refractivity (Wildman–Crippen MR) is 233 cm³/mol. The zero-order valence-corrected chi connectivity index (χ0v) is 30.7. The maximum atomic E-state index is 5.08. The van der Waals surface area contributed by atoms with Crippen molar-refractivity contribution in [3.63, 3.8) is 0 Å². The lowest BCUT2D eigenvalue weighted by Crippen LogP contribution is -2.15. The second-order valence-corrected chi connectivity index (χ2v) is 14.3. The van der Waals surface area contributed by atoms with Crippen LogP contribution in [0.4, 0.5) is 5.69 Å². The number of aromatic nitrogens is 2. The molecule has 56 heavy (non-hydrogen) atoms. The summed E-state index contributed by atoms with van der Waals surface area (Å²) < 4.78 is 0. The van der Waals surface area contributed by atoms with E-state index in [-0.39, 0.29) is 6.04 Å². The van der Waals surface area contributed by atoms with Crippen LogP contribution in [-0.2, 0) is 0 Å². The van der Waals surface area contributed by atoms with Gasteiger partial charge in [-0.25, -0.2) is 9.97 Å². The summed E-state index contributed by atoms with van der Waals surface area (Å²) in [7, 11) is 0. The summed E-state index contributed by atoms with van der Waals surface area (Å²) in [5.41, 5.74) is 15.7. The highest BCUT2D eigenvalue weighted by Crippen LogP contribution is 2.43. The summed E-state index contributed by atoms with van der Waals surface area (Å²) in [5.74, 6) is 0.713. The predicted octanol–water partition coefficient (Wildman–Crippen LogP) is 13.6. The highest BCUT2D eigenvalue weighted by molar-refractivity contribution is 6.05. The highest BCUT2D eigenvalue weighted by Gasteiger charge is 2.23. The third-order valence-corrected chi connectivity index (χ3v) is 10.7. The van der Waals surface area contributed by atoms with Gasteiger partial charge in [0.25, 0.3) is 0 Å². The molecule has 1 atom stereocenters. The smallest absolute Gasteiger partial charge is 0.160 e. The fraction of sp³-hybridized carbons (Fsp3) is 0.0189. The Hall–Kier alpha value is -7.36. The molecule has 264 valence electrons. The van der Waals surface area contributed by atoms with E-state index in [2.05, 4.69) is 181 Å². The third-order valence-electron chi connectivity index (χ3n) is 10.7. The molecule has 3 heteroatoms. The van der Waals surface area contributed by atoms with E-state index < -0.39 is 0 Å². The fourth-order valence-corrected chi connectivity index (χ4v) is 7.88. The Bertz CT molecular complexity index is 2810. The number of benzene rings is 8. The molecule has 1 aromatic heterocycles. The van der Waals surface area contributed by atoms with Gasteiger partial charge < -0.3 is 5.32 Å². The van der Waals surface area contributed by atoms with Crippen LogP contribution in [0.3, 0.4) is 0 Å². The van der Waals surface area contributed by atoms with Crippen LogP contribution in [0.15, 0.2) is 212 Å². The average Bonchev–Trinajstić information content (AvgIpc) is 3.29. The third kappa shape index (κ3) is 6.46. The molecule has 1 aliphatic rings.